The van der Waals surface area contributed by atoms with Gasteiger partial charge in [-0.1, -0.05) is 29.3 Å². The fraction of sp³-hybridized carbons (Fsp3) is 0.188. The summed E-state index contributed by atoms with van der Waals surface area (Å²) < 4.78 is 12.8. The maximum atomic E-state index is 12.8. The summed E-state index contributed by atoms with van der Waals surface area (Å²) in [5, 5.41) is 3.83. The van der Waals surface area contributed by atoms with E-state index in [0.717, 1.165) is 10.5 Å². The molecule has 1 amide bonds. The highest BCUT2D eigenvalue weighted by Crippen LogP contribution is 2.25. The van der Waals surface area contributed by atoms with E-state index < -0.39 is 0 Å². The average molecular weight is 358 g/mol. The second kappa shape index (κ2) is 7.86. The van der Waals surface area contributed by atoms with Gasteiger partial charge >= 0.3 is 0 Å². The van der Waals surface area contributed by atoms with E-state index in [9.17, 15) is 9.18 Å². The van der Waals surface area contributed by atoms with E-state index >= 15 is 0 Å². The highest BCUT2D eigenvalue weighted by molar-refractivity contribution is 8.00. The van der Waals surface area contributed by atoms with Crippen LogP contribution in [0.3, 0.4) is 0 Å². The molecule has 116 valence electrons. The standard InChI is InChI=1S/C16H14Cl2FNOS/c1-10(11-2-7-14(17)15(18)8-11)20-16(21)9-22-13-5-3-12(19)4-6-13/h2-8,10H,9H2,1H3,(H,20,21). The molecule has 2 nitrogen and oxygen atoms in total. The Labute approximate surface area is 143 Å². The third-order valence-electron chi connectivity index (χ3n) is 3.00. The van der Waals surface area contributed by atoms with E-state index in [1.807, 2.05) is 13.0 Å². The minimum atomic E-state index is -0.290. The molecule has 2 aromatic carbocycles. The number of rotatable bonds is 5. The summed E-state index contributed by atoms with van der Waals surface area (Å²) in [7, 11) is 0. The molecule has 0 aromatic heterocycles. The largest absolute Gasteiger partial charge is 0.349 e. The number of amides is 1. The van der Waals surface area contributed by atoms with Crippen LogP contribution in [0.15, 0.2) is 47.4 Å². The second-order valence-electron chi connectivity index (χ2n) is 4.71. The molecule has 6 heteroatoms. The van der Waals surface area contributed by atoms with Crippen LogP contribution in [0.25, 0.3) is 0 Å². The first kappa shape index (κ1) is 17.1. The lowest BCUT2D eigenvalue weighted by molar-refractivity contribution is -0.119. The van der Waals surface area contributed by atoms with Crippen molar-refractivity contribution in [1.29, 1.82) is 0 Å². The molecule has 0 heterocycles. The van der Waals surface area contributed by atoms with Crippen molar-refractivity contribution in [3.63, 3.8) is 0 Å². The Hall–Kier alpha value is -1.23. The van der Waals surface area contributed by atoms with Gasteiger partial charge in [-0.15, -0.1) is 11.8 Å². The molecule has 0 saturated heterocycles. The number of carbonyl (C=O) groups is 1. The number of halogens is 3. The predicted molar refractivity (Wildman–Crippen MR) is 90.1 cm³/mol. The van der Waals surface area contributed by atoms with Gasteiger partial charge in [0.15, 0.2) is 0 Å². The lowest BCUT2D eigenvalue weighted by Gasteiger charge is -2.15. The quantitative estimate of drug-likeness (QED) is 0.754. The Bertz CT molecular complexity index is 664. The molecule has 0 spiro atoms. The molecule has 0 saturated carbocycles. The predicted octanol–water partition coefficient (Wildman–Crippen LogP) is 5.10. The van der Waals surface area contributed by atoms with E-state index in [0.29, 0.717) is 10.0 Å². The van der Waals surface area contributed by atoms with Crippen LogP contribution < -0.4 is 5.32 Å². The first-order chi connectivity index (χ1) is 10.5. The molecule has 0 aliphatic rings. The lowest BCUT2D eigenvalue weighted by Crippen LogP contribution is -2.28. The smallest absolute Gasteiger partial charge is 0.230 e. The molecular weight excluding hydrogens is 344 g/mol. The van der Waals surface area contributed by atoms with Gasteiger partial charge in [-0.25, -0.2) is 4.39 Å². The van der Waals surface area contributed by atoms with Crippen molar-refractivity contribution < 1.29 is 9.18 Å². The van der Waals surface area contributed by atoms with Crippen LogP contribution in [0.1, 0.15) is 18.5 Å². The highest BCUT2D eigenvalue weighted by atomic mass is 35.5. The average Bonchev–Trinajstić information content (AvgIpc) is 2.49. The molecule has 0 radical (unpaired) electrons. The van der Waals surface area contributed by atoms with Crippen molar-refractivity contribution in [1.82, 2.24) is 5.32 Å². The summed E-state index contributed by atoms with van der Waals surface area (Å²) in [4.78, 5) is 12.8. The van der Waals surface area contributed by atoms with Crippen LogP contribution >= 0.6 is 35.0 Å². The second-order valence-corrected chi connectivity index (χ2v) is 6.57. The molecule has 1 atom stereocenters. The van der Waals surface area contributed by atoms with Crippen molar-refractivity contribution in [3.05, 3.63) is 63.9 Å². The number of hydrogen-bond donors (Lipinski definition) is 1. The molecule has 0 bridgehead atoms. The van der Waals surface area contributed by atoms with E-state index in [1.54, 1.807) is 24.3 Å². The number of benzene rings is 2. The lowest BCUT2D eigenvalue weighted by atomic mass is 10.1. The van der Waals surface area contributed by atoms with Crippen molar-refractivity contribution in [2.45, 2.75) is 17.9 Å². The summed E-state index contributed by atoms with van der Waals surface area (Å²) in [5.41, 5.74) is 0.884. The van der Waals surface area contributed by atoms with Gasteiger partial charge in [-0.05, 0) is 48.9 Å². The molecule has 0 aliphatic heterocycles. The van der Waals surface area contributed by atoms with Crippen molar-refractivity contribution in [3.8, 4) is 0 Å². The fourth-order valence-electron chi connectivity index (χ4n) is 1.83. The fourth-order valence-corrected chi connectivity index (χ4v) is 2.84. The van der Waals surface area contributed by atoms with Crippen molar-refractivity contribution in [2.75, 3.05) is 5.75 Å². The Balaban J connectivity index is 1.88. The van der Waals surface area contributed by atoms with Crippen LogP contribution in [-0.4, -0.2) is 11.7 Å². The SMILES string of the molecule is CC(NC(=O)CSc1ccc(F)cc1)c1ccc(Cl)c(Cl)c1. The number of nitrogens with one attached hydrogen (secondary N) is 1. The first-order valence-corrected chi connectivity index (χ1v) is 8.32. The molecule has 0 fully saturated rings. The first-order valence-electron chi connectivity index (χ1n) is 6.58. The normalized spacial score (nSPS) is 12.0. The van der Waals surface area contributed by atoms with Crippen molar-refractivity contribution >= 4 is 40.9 Å². The van der Waals surface area contributed by atoms with Gasteiger partial charge < -0.3 is 5.32 Å². The van der Waals surface area contributed by atoms with Crippen LogP contribution in [0, 0.1) is 5.82 Å². The van der Waals surface area contributed by atoms with Crippen LogP contribution in [0.4, 0.5) is 4.39 Å². The van der Waals surface area contributed by atoms with Crippen molar-refractivity contribution in [2.24, 2.45) is 0 Å². The number of thioether (sulfide) groups is 1. The topological polar surface area (TPSA) is 29.1 Å². The Morgan fingerprint density at radius 2 is 1.86 bits per heavy atom. The number of hydrogen-bond acceptors (Lipinski definition) is 2. The van der Waals surface area contributed by atoms with Gasteiger partial charge in [0, 0.05) is 4.90 Å². The van der Waals surface area contributed by atoms with Crippen LogP contribution in [0.2, 0.25) is 10.0 Å². The Morgan fingerprint density at radius 3 is 2.50 bits per heavy atom. The minimum Gasteiger partial charge on any atom is -0.349 e. The van der Waals surface area contributed by atoms with E-state index in [1.165, 1.54) is 23.9 Å². The summed E-state index contributed by atoms with van der Waals surface area (Å²) in [6.07, 6.45) is 0. The summed E-state index contributed by atoms with van der Waals surface area (Å²) in [5.74, 6) is -0.132. The molecule has 1 N–H and O–H groups in total. The van der Waals surface area contributed by atoms with E-state index in [2.05, 4.69) is 5.32 Å². The zero-order valence-corrected chi connectivity index (χ0v) is 14.1. The maximum Gasteiger partial charge on any atom is 0.230 e. The molecule has 1 unspecified atom stereocenters. The third-order valence-corrected chi connectivity index (χ3v) is 4.76. The summed E-state index contributed by atoms with van der Waals surface area (Å²) in [6.45, 7) is 1.88. The van der Waals surface area contributed by atoms with Gasteiger partial charge in [0.2, 0.25) is 5.91 Å². The van der Waals surface area contributed by atoms with Crippen LogP contribution in [0.5, 0.6) is 0 Å². The van der Waals surface area contributed by atoms with E-state index in [4.69, 9.17) is 23.2 Å². The molecule has 2 rings (SSSR count). The van der Waals surface area contributed by atoms with Gasteiger partial charge in [0.05, 0.1) is 21.8 Å². The molecular formula is C16H14Cl2FNOS. The molecule has 0 aliphatic carbocycles. The van der Waals surface area contributed by atoms with Gasteiger partial charge in [-0.3, -0.25) is 4.79 Å². The zero-order valence-electron chi connectivity index (χ0n) is 11.8. The maximum absolute atomic E-state index is 12.8. The van der Waals surface area contributed by atoms with Crippen LogP contribution in [-0.2, 0) is 4.79 Å². The monoisotopic (exact) mass is 357 g/mol. The number of carbonyl (C=O) groups excluding carboxylic acids is 1. The zero-order chi connectivity index (χ0) is 16.1. The van der Waals surface area contributed by atoms with Gasteiger partial charge in [-0.2, -0.15) is 0 Å². The minimum absolute atomic E-state index is 0.104. The van der Waals surface area contributed by atoms with Gasteiger partial charge in [0.1, 0.15) is 5.82 Å². The Morgan fingerprint density at radius 1 is 1.18 bits per heavy atom. The molecule has 22 heavy (non-hydrogen) atoms. The third kappa shape index (κ3) is 4.90. The van der Waals surface area contributed by atoms with Gasteiger partial charge in [0.25, 0.3) is 0 Å². The highest BCUT2D eigenvalue weighted by Gasteiger charge is 2.11. The van der Waals surface area contributed by atoms with E-state index in [-0.39, 0.29) is 23.5 Å². The summed E-state index contributed by atoms with van der Waals surface area (Å²) in [6, 6.07) is 11.1. The summed E-state index contributed by atoms with van der Waals surface area (Å²) >= 11 is 13.2. The Kier molecular flexibility index (Phi) is 6.12. The molecule has 2 aromatic rings.